The van der Waals surface area contributed by atoms with Gasteiger partial charge in [-0.1, -0.05) is 0 Å². The van der Waals surface area contributed by atoms with E-state index in [1.807, 2.05) is 26.8 Å². The highest BCUT2D eigenvalue weighted by Crippen LogP contribution is 2.42. The van der Waals surface area contributed by atoms with Crippen LogP contribution in [-0.4, -0.2) is 103 Å². The fourth-order valence-corrected chi connectivity index (χ4v) is 7.61. The second-order valence-corrected chi connectivity index (χ2v) is 14.1. The quantitative estimate of drug-likeness (QED) is 0.201. The zero-order chi connectivity index (χ0) is 45.0. The average molecular weight is 839 g/mol. The van der Waals surface area contributed by atoms with Gasteiger partial charge in [-0.2, -0.15) is 0 Å². The predicted molar refractivity (Wildman–Crippen MR) is 216 cm³/mol. The Hall–Kier alpha value is -6.32. The van der Waals surface area contributed by atoms with Gasteiger partial charge in [0.25, 0.3) is 0 Å². The number of Topliss-reactive ketones (excluding diaryl/α,β-unsaturated/α-hetero) is 2. The first-order valence-electron chi connectivity index (χ1n) is 18.8. The van der Waals surface area contributed by atoms with Crippen molar-refractivity contribution in [3.63, 3.8) is 0 Å². The molecule has 0 amide bonds. The standard InChI is InChI=1S/C15H20O6.C15H18O5.C14H16O5/c1-9-5-12(19-2)7-10(14(9)20-3)6-11(8-13(16)17)15(18)21-4;1-8-5-12(18-2)13-10(14(8)19-3)6-9(7-11(13)16)15(17)20-4;1-7-4-11(18-2)12-9(13(7)19-3)5-8(14(16)17)6-10(12)15/h5,7,11H,6,8H2,1-4H3,(H,16,17);5,9H,6-7H2,1-4H3;4,8H,5-6H2,1-3H3,(H,16,17). The van der Waals surface area contributed by atoms with Gasteiger partial charge in [0.15, 0.2) is 11.6 Å². The number of carbonyl (C=O) groups is 6. The molecule has 3 unspecified atom stereocenters. The minimum Gasteiger partial charge on any atom is -0.497 e. The molecule has 2 N–H and O–H groups in total. The molecule has 0 aromatic heterocycles. The number of aliphatic carboxylic acids is 2. The summed E-state index contributed by atoms with van der Waals surface area (Å²) in [6.45, 7) is 5.58. The van der Waals surface area contributed by atoms with Crippen LogP contribution < -0.4 is 28.4 Å². The Morgan fingerprint density at radius 1 is 0.600 bits per heavy atom. The third-order valence-electron chi connectivity index (χ3n) is 10.3. The SMILES string of the molecule is COC(=O)C(CC(=O)O)Cc1cc(OC)cc(C)c1OC.COC(=O)C1CC(=O)c2c(OC)cc(C)c(OC)c2C1.COc1cc(C)c(OC)c2c1C(=O)CC(C(=O)O)C2. The third kappa shape index (κ3) is 11.0. The lowest BCUT2D eigenvalue weighted by Gasteiger charge is -2.26. The minimum atomic E-state index is -1.05. The second kappa shape index (κ2) is 21.6. The summed E-state index contributed by atoms with van der Waals surface area (Å²) < 4.78 is 41.2. The highest BCUT2D eigenvalue weighted by atomic mass is 16.5. The number of benzene rings is 3. The van der Waals surface area contributed by atoms with Gasteiger partial charge in [-0.3, -0.25) is 28.8 Å². The maximum atomic E-state index is 12.3. The minimum absolute atomic E-state index is 0.00487. The number of aryl methyl sites for hydroxylation is 3. The molecule has 0 heterocycles. The first-order chi connectivity index (χ1) is 28.4. The molecular formula is C44H54O16. The van der Waals surface area contributed by atoms with E-state index in [1.165, 1.54) is 42.7 Å². The first-order valence-corrected chi connectivity index (χ1v) is 18.8. The number of rotatable bonds is 13. The number of carbonyl (C=O) groups excluding carboxylic acids is 4. The van der Waals surface area contributed by atoms with Crippen LogP contribution in [0.25, 0.3) is 0 Å². The topological polar surface area (TPSA) is 217 Å². The van der Waals surface area contributed by atoms with E-state index in [9.17, 15) is 28.8 Å². The molecule has 3 aromatic rings. The molecular weight excluding hydrogens is 784 g/mol. The predicted octanol–water partition coefficient (Wildman–Crippen LogP) is 5.59. The van der Waals surface area contributed by atoms with E-state index >= 15 is 0 Å². The molecule has 0 bridgehead atoms. The molecule has 16 heteroatoms. The number of hydrogen-bond acceptors (Lipinski definition) is 14. The second-order valence-electron chi connectivity index (χ2n) is 14.1. The van der Waals surface area contributed by atoms with E-state index in [0.717, 1.165) is 22.3 Å². The number of carboxylic acids is 2. The maximum Gasteiger partial charge on any atom is 0.309 e. The van der Waals surface area contributed by atoms with Crippen LogP contribution in [-0.2, 0) is 47.9 Å². The van der Waals surface area contributed by atoms with Crippen LogP contribution in [0.4, 0.5) is 0 Å². The lowest BCUT2D eigenvalue weighted by atomic mass is 9.81. The summed E-state index contributed by atoms with van der Waals surface area (Å²) in [6, 6.07) is 7.08. The third-order valence-corrected chi connectivity index (χ3v) is 10.3. The van der Waals surface area contributed by atoms with Gasteiger partial charge in [0.2, 0.25) is 0 Å². The number of hydrogen-bond donors (Lipinski definition) is 2. The maximum absolute atomic E-state index is 12.3. The van der Waals surface area contributed by atoms with Gasteiger partial charge in [0.05, 0.1) is 92.2 Å². The van der Waals surface area contributed by atoms with Crippen molar-refractivity contribution in [3.8, 4) is 34.5 Å². The number of fused-ring (bicyclic) bond motifs is 2. The van der Waals surface area contributed by atoms with Gasteiger partial charge in [-0.15, -0.1) is 0 Å². The molecule has 5 rings (SSSR count). The van der Waals surface area contributed by atoms with Crippen molar-refractivity contribution in [2.75, 3.05) is 56.9 Å². The van der Waals surface area contributed by atoms with E-state index in [0.29, 0.717) is 63.2 Å². The van der Waals surface area contributed by atoms with Crippen LogP contribution >= 0.6 is 0 Å². The van der Waals surface area contributed by atoms with E-state index < -0.39 is 35.7 Å². The zero-order valence-electron chi connectivity index (χ0n) is 35.9. The molecule has 3 atom stereocenters. The van der Waals surface area contributed by atoms with Gasteiger partial charge in [0.1, 0.15) is 34.5 Å². The Balaban J connectivity index is 0.000000240. The molecule has 0 saturated carbocycles. The average Bonchev–Trinajstić information content (AvgIpc) is 3.21. The van der Waals surface area contributed by atoms with Crippen molar-refractivity contribution in [3.05, 3.63) is 68.8 Å². The Kier molecular flexibility index (Phi) is 17.3. The lowest BCUT2D eigenvalue weighted by molar-refractivity contribution is -0.150. The Morgan fingerprint density at radius 3 is 1.47 bits per heavy atom. The van der Waals surface area contributed by atoms with Crippen molar-refractivity contribution in [1.29, 1.82) is 0 Å². The van der Waals surface area contributed by atoms with E-state index in [-0.39, 0.29) is 49.6 Å². The Morgan fingerprint density at radius 2 is 1.07 bits per heavy atom. The van der Waals surface area contributed by atoms with Gasteiger partial charge < -0.3 is 48.1 Å². The van der Waals surface area contributed by atoms with Crippen LogP contribution in [0.1, 0.15) is 73.4 Å². The van der Waals surface area contributed by atoms with E-state index in [1.54, 1.807) is 32.4 Å². The molecule has 0 aliphatic heterocycles. The molecule has 2 aliphatic carbocycles. The van der Waals surface area contributed by atoms with Crippen molar-refractivity contribution in [2.45, 2.75) is 59.3 Å². The zero-order valence-corrected chi connectivity index (χ0v) is 35.9. The summed E-state index contributed by atoms with van der Waals surface area (Å²) in [5.41, 5.74) is 5.63. The summed E-state index contributed by atoms with van der Waals surface area (Å²) >= 11 is 0. The van der Waals surface area contributed by atoms with Gasteiger partial charge in [0, 0.05) is 24.0 Å². The summed E-state index contributed by atoms with van der Waals surface area (Å²) in [4.78, 5) is 70.0. The fraction of sp³-hybridized carbons (Fsp3) is 0.455. The van der Waals surface area contributed by atoms with Crippen LogP contribution in [0, 0.1) is 38.5 Å². The van der Waals surface area contributed by atoms with Crippen molar-refractivity contribution >= 4 is 35.4 Å². The number of ketones is 2. The largest absolute Gasteiger partial charge is 0.497 e. The van der Waals surface area contributed by atoms with Crippen LogP contribution in [0.15, 0.2) is 24.3 Å². The van der Waals surface area contributed by atoms with E-state index in [4.69, 9.17) is 43.4 Å². The number of methoxy groups -OCH3 is 8. The molecule has 2 aliphatic rings. The summed E-state index contributed by atoms with van der Waals surface area (Å²) in [5.74, 6) is -1.68. The van der Waals surface area contributed by atoms with Crippen molar-refractivity contribution < 1.29 is 76.9 Å². The number of carboxylic acid groups (broad SMARTS) is 2. The molecule has 0 saturated heterocycles. The first kappa shape index (κ1) is 48.1. The van der Waals surface area contributed by atoms with Gasteiger partial charge in [-0.05, 0) is 86.6 Å². The van der Waals surface area contributed by atoms with Gasteiger partial charge >= 0.3 is 23.9 Å². The number of ether oxygens (including phenoxy) is 8. The van der Waals surface area contributed by atoms with Crippen LogP contribution in [0.3, 0.4) is 0 Å². The summed E-state index contributed by atoms with van der Waals surface area (Å²) in [7, 11) is 11.7. The molecule has 0 radical (unpaired) electrons. The molecule has 3 aromatic carbocycles. The molecule has 0 fully saturated rings. The van der Waals surface area contributed by atoms with Crippen molar-refractivity contribution in [1.82, 2.24) is 0 Å². The molecule has 16 nitrogen and oxygen atoms in total. The molecule has 60 heavy (non-hydrogen) atoms. The summed E-state index contributed by atoms with van der Waals surface area (Å²) in [6.07, 6.45) is 0.770. The van der Waals surface area contributed by atoms with Crippen LogP contribution in [0.2, 0.25) is 0 Å². The van der Waals surface area contributed by atoms with Crippen LogP contribution in [0.5, 0.6) is 34.5 Å². The van der Waals surface area contributed by atoms with E-state index in [2.05, 4.69) is 4.74 Å². The molecule has 326 valence electrons. The van der Waals surface area contributed by atoms with Gasteiger partial charge in [-0.25, -0.2) is 0 Å². The fourth-order valence-electron chi connectivity index (χ4n) is 7.61. The highest BCUT2D eigenvalue weighted by Gasteiger charge is 2.36. The number of esters is 2. The Bertz CT molecular complexity index is 2100. The summed E-state index contributed by atoms with van der Waals surface area (Å²) in [5, 5.41) is 18.0. The highest BCUT2D eigenvalue weighted by molar-refractivity contribution is 6.05. The lowest BCUT2D eigenvalue weighted by Crippen LogP contribution is -2.28. The Labute approximate surface area is 349 Å². The smallest absolute Gasteiger partial charge is 0.309 e. The molecule has 0 spiro atoms. The monoisotopic (exact) mass is 838 g/mol. The normalized spacial score (nSPS) is 15.5. The van der Waals surface area contributed by atoms with Crippen molar-refractivity contribution in [2.24, 2.45) is 17.8 Å².